The van der Waals surface area contributed by atoms with Crippen LogP contribution in [0.15, 0.2) is 42.5 Å². The van der Waals surface area contributed by atoms with E-state index in [1.54, 1.807) is 42.5 Å². The summed E-state index contributed by atoms with van der Waals surface area (Å²) in [6, 6.07) is 11.6. The highest BCUT2D eigenvalue weighted by Gasteiger charge is 2.25. The number of rotatable bonds is 11. The number of halogens is 1. The fourth-order valence-electron chi connectivity index (χ4n) is 2.92. The molecule has 0 heterocycles. The van der Waals surface area contributed by atoms with Crippen LogP contribution in [0.1, 0.15) is 23.3 Å². The van der Waals surface area contributed by atoms with Crippen LogP contribution >= 0.6 is 11.6 Å². The molecule has 0 aliphatic heterocycles. The molecular weight excluding hydrogens is 460 g/mol. The number of nitrogens with one attached hydrogen (secondary N) is 2. The summed E-state index contributed by atoms with van der Waals surface area (Å²) in [5.74, 6) is 5.08. The smallest absolute Gasteiger partial charge is 0.407 e. The average molecular weight is 485 g/mol. The standard InChI is InChI=1S/C25H25ClN2O6/c1-5-13-32-20-12-9-18(15-21(20)31-4)22(34-25(30)27-3)16-28-24(29)23(33-14-6-2)17-7-10-19(26)11-8-17/h1-2,7-12,15,22-23H,13-14,16H2,3-4H3,(H,27,30)(H,28,29). The zero-order chi connectivity index (χ0) is 24.9. The van der Waals surface area contributed by atoms with Gasteiger partial charge in [-0.1, -0.05) is 41.6 Å². The largest absolute Gasteiger partial charge is 0.493 e. The summed E-state index contributed by atoms with van der Waals surface area (Å²) in [4.78, 5) is 24.9. The molecule has 8 nitrogen and oxygen atoms in total. The van der Waals surface area contributed by atoms with Crippen molar-refractivity contribution in [2.45, 2.75) is 12.2 Å². The van der Waals surface area contributed by atoms with Gasteiger partial charge in [-0.3, -0.25) is 4.79 Å². The fraction of sp³-hybridized carbons (Fsp3) is 0.280. The van der Waals surface area contributed by atoms with E-state index < -0.39 is 24.2 Å². The number of methoxy groups -OCH3 is 1. The molecule has 2 N–H and O–H groups in total. The molecule has 2 aromatic carbocycles. The lowest BCUT2D eigenvalue weighted by molar-refractivity contribution is -0.132. The summed E-state index contributed by atoms with van der Waals surface area (Å²) < 4.78 is 21.8. The van der Waals surface area contributed by atoms with Crippen molar-refractivity contribution < 1.29 is 28.5 Å². The summed E-state index contributed by atoms with van der Waals surface area (Å²) in [6.45, 7) is -0.0631. The minimum absolute atomic E-state index is 0.0521. The molecule has 9 heteroatoms. The van der Waals surface area contributed by atoms with Gasteiger partial charge >= 0.3 is 6.09 Å². The van der Waals surface area contributed by atoms with Gasteiger partial charge in [-0.15, -0.1) is 12.8 Å². The van der Waals surface area contributed by atoms with Crippen molar-refractivity contribution in [1.82, 2.24) is 10.6 Å². The molecule has 2 unspecified atom stereocenters. The Bertz CT molecular complexity index is 1060. The number of carbonyl (C=O) groups is 2. The Balaban J connectivity index is 2.24. The molecule has 0 bridgehead atoms. The lowest BCUT2D eigenvalue weighted by Gasteiger charge is -2.22. The van der Waals surface area contributed by atoms with Gasteiger partial charge in [0, 0.05) is 12.1 Å². The molecule has 0 aliphatic rings. The highest BCUT2D eigenvalue weighted by Crippen LogP contribution is 2.31. The van der Waals surface area contributed by atoms with E-state index in [9.17, 15) is 9.59 Å². The van der Waals surface area contributed by atoms with Crippen molar-refractivity contribution in [2.75, 3.05) is 33.9 Å². The van der Waals surface area contributed by atoms with E-state index in [0.29, 0.717) is 27.6 Å². The molecule has 2 rings (SSSR count). The molecular formula is C25H25ClN2O6. The number of terminal acetylenes is 2. The first kappa shape index (κ1) is 26.4. The van der Waals surface area contributed by atoms with Crippen LogP contribution < -0.4 is 20.1 Å². The molecule has 0 spiro atoms. The molecule has 0 aromatic heterocycles. The first-order valence-corrected chi connectivity index (χ1v) is 10.5. The second-order valence-electron chi connectivity index (χ2n) is 6.74. The maximum absolute atomic E-state index is 13.0. The number of amides is 2. The number of hydrogen-bond acceptors (Lipinski definition) is 6. The number of alkyl carbamates (subject to hydrolysis) is 1. The average Bonchev–Trinajstić information content (AvgIpc) is 2.86. The van der Waals surface area contributed by atoms with Crippen LogP contribution in [-0.2, 0) is 14.3 Å². The Morgan fingerprint density at radius 2 is 1.71 bits per heavy atom. The van der Waals surface area contributed by atoms with Crippen molar-refractivity contribution in [1.29, 1.82) is 0 Å². The summed E-state index contributed by atoms with van der Waals surface area (Å²) in [5.41, 5.74) is 1.12. The van der Waals surface area contributed by atoms with Gasteiger partial charge in [-0.25, -0.2) is 4.79 Å². The van der Waals surface area contributed by atoms with Crippen LogP contribution in [0.25, 0.3) is 0 Å². The highest BCUT2D eigenvalue weighted by molar-refractivity contribution is 6.30. The Labute approximate surface area is 203 Å². The van der Waals surface area contributed by atoms with Gasteiger partial charge in [-0.05, 0) is 35.4 Å². The SMILES string of the molecule is C#CCOc1ccc(C(CNC(=O)C(OCC#C)c2ccc(Cl)cc2)OC(=O)NC)cc1OC. The Hall–Kier alpha value is -3.85. The third kappa shape index (κ3) is 7.63. The maximum Gasteiger partial charge on any atom is 0.407 e. The van der Waals surface area contributed by atoms with Gasteiger partial charge in [0.1, 0.15) is 19.3 Å². The van der Waals surface area contributed by atoms with Gasteiger partial charge in [0.15, 0.2) is 17.6 Å². The maximum atomic E-state index is 13.0. The number of ether oxygens (including phenoxy) is 4. The Morgan fingerprint density at radius 1 is 1.03 bits per heavy atom. The molecule has 0 saturated heterocycles. The molecule has 0 saturated carbocycles. The lowest BCUT2D eigenvalue weighted by Crippen LogP contribution is -2.36. The minimum atomic E-state index is -0.983. The Kier molecular flexibility index (Phi) is 10.6. The topological polar surface area (TPSA) is 95.1 Å². The molecule has 2 atom stereocenters. The van der Waals surface area contributed by atoms with Gasteiger partial charge < -0.3 is 29.6 Å². The zero-order valence-corrected chi connectivity index (χ0v) is 19.6. The van der Waals surface area contributed by atoms with Crippen LogP contribution in [0.3, 0.4) is 0 Å². The highest BCUT2D eigenvalue weighted by atomic mass is 35.5. The Morgan fingerprint density at radius 3 is 2.32 bits per heavy atom. The molecule has 0 fully saturated rings. The van der Waals surface area contributed by atoms with E-state index in [1.807, 2.05) is 0 Å². The molecule has 0 aliphatic carbocycles. The molecule has 0 radical (unpaired) electrons. The van der Waals surface area contributed by atoms with E-state index in [-0.39, 0.29) is 19.8 Å². The molecule has 178 valence electrons. The van der Waals surface area contributed by atoms with Crippen LogP contribution in [0.5, 0.6) is 11.5 Å². The number of carbonyl (C=O) groups excluding carboxylic acids is 2. The van der Waals surface area contributed by atoms with Crippen molar-refractivity contribution in [3.05, 3.63) is 58.6 Å². The van der Waals surface area contributed by atoms with E-state index in [2.05, 4.69) is 22.5 Å². The predicted molar refractivity (Wildman–Crippen MR) is 128 cm³/mol. The lowest BCUT2D eigenvalue weighted by atomic mass is 10.1. The first-order valence-electron chi connectivity index (χ1n) is 10.1. The van der Waals surface area contributed by atoms with Crippen molar-refractivity contribution >= 4 is 23.6 Å². The van der Waals surface area contributed by atoms with Gasteiger partial charge in [0.2, 0.25) is 0 Å². The van der Waals surface area contributed by atoms with Gasteiger partial charge in [0.25, 0.3) is 5.91 Å². The first-order chi connectivity index (χ1) is 16.4. The second-order valence-corrected chi connectivity index (χ2v) is 7.18. The minimum Gasteiger partial charge on any atom is -0.493 e. The number of benzene rings is 2. The summed E-state index contributed by atoms with van der Waals surface area (Å²) in [6.07, 6.45) is 8.02. The van der Waals surface area contributed by atoms with Crippen LogP contribution in [0, 0.1) is 24.7 Å². The fourth-order valence-corrected chi connectivity index (χ4v) is 3.04. The second kappa shape index (κ2) is 13.6. The van der Waals surface area contributed by atoms with Crippen LogP contribution in [0.2, 0.25) is 5.02 Å². The van der Waals surface area contributed by atoms with E-state index >= 15 is 0 Å². The van der Waals surface area contributed by atoms with Gasteiger partial charge in [0.05, 0.1) is 13.7 Å². The van der Waals surface area contributed by atoms with Crippen molar-refractivity contribution in [3.8, 4) is 36.2 Å². The van der Waals surface area contributed by atoms with Crippen LogP contribution in [0.4, 0.5) is 4.79 Å². The quantitative estimate of drug-likeness (QED) is 0.475. The summed E-state index contributed by atoms with van der Waals surface area (Å²) >= 11 is 5.94. The molecule has 2 amide bonds. The third-order valence-electron chi connectivity index (χ3n) is 4.53. The monoisotopic (exact) mass is 484 g/mol. The van der Waals surface area contributed by atoms with E-state index in [1.165, 1.54) is 14.2 Å². The van der Waals surface area contributed by atoms with E-state index in [4.69, 9.17) is 43.4 Å². The van der Waals surface area contributed by atoms with Crippen LogP contribution in [-0.4, -0.2) is 45.9 Å². The number of hydrogen-bond donors (Lipinski definition) is 2. The van der Waals surface area contributed by atoms with E-state index in [0.717, 1.165) is 0 Å². The van der Waals surface area contributed by atoms with Crippen molar-refractivity contribution in [3.63, 3.8) is 0 Å². The normalized spacial score (nSPS) is 11.8. The molecule has 2 aromatic rings. The molecule has 34 heavy (non-hydrogen) atoms. The summed E-state index contributed by atoms with van der Waals surface area (Å²) in [5, 5.41) is 5.66. The van der Waals surface area contributed by atoms with Crippen molar-refractivity contribution in [2.24, 2.45) is 0 Å². The van der Waals surface area contributed by atoms with Gasteiger partial charge in [-0.2, -0.15) is 0 Å². The third-order valence-corrected chi connectivity index (χ3v) is 4.78. The summed E-state index contributed by atoms with van der Waals surface area (Å²) in [7, 11) is 2.90. The zero-order valence-electron chi connectivity index (χ0n) is 18.8. The predicted octanol–water partition coefficient (Wildman–Crippen LogP) is 3.27.